The van der Waals surface area contributed by atoms with Crippen LogP contribution < -0.4 is 0 Å². The van der Waals surface area contributed by atoms with Crippen molar-refractivity contribution in [1.82, 2.24) is 0 Å². The van der Waals surface area contributed by atoms with E-state index >= 15 is 0 Å². The molecule has 0 spiro atoms. The van der Waals surface area contributed by atoms with Crippen LogP contribution in [-0.4, -0.2) is 24.8 Å². The van der Waals surface area contributed by atoms with Gasteiger partial charge in [-0.3, -0.25) is 0 Å². The topological polar surface area (TPSA) is 46.5 Å². The third-order valence-electron chi connectivity index (χ3n) is 3.71. The number of fused-ring (bicyclic) bond motifs is 2. The van der Waals surface area contributed by atoms with Gasteiger partial charge >= 0.3 is 5.97 Å². The summed E-state index contributed by atoms with van der Waals surface area (Å²) in [6, 6.07) is 18.1. The Kier molecular flexibility index (Phi) is 3.90. The SMILES string of the molecule is COC/C(=C\c1c2ccccc2cc2ccccc12)C(=O)O. The van der Waals surface area contributed by atoms with E-state index in [2.05, 4.69) is 6.07 Å². The van der Waals surface area contributed by atoms with Crippen molar-refractivity contribution < 1.29 is 14.6 Å². The molecule has 3 aromatic carbocycles. The lowest BCUT2D eigenvalue weighted by molar-refractivity contribution is -0.133. The maximum absolute atomic E-state index is 11.4. The van der Waals surface area contributed by atoms with Crippen LogP contribution in [0.2, 0.25) is 0 Å². The molecule has 0 bridgehead atoms. The number of carboxylic acid groups (broad SMARTS) is 1. The summed E-state index contributed by atoms with van der Waals surface area (Å²) in [6.45, 7) is 0.0763. The van der Waals surface area contributed by atoms with Crippen LogP contribution in [0.5, 0.6) is 0 Å². The minimum absolute atomic E-state index is 0.0763. The number of benzene rings is 3. The Morgan fingerprint density at radius 2 is 1.59 bits per heavy atom. The van der Waals surface area contributed by atoms with Crippen LogP contribution in [0.4, 0.5) is 0 Å². The van der Waals surface area contributed by atoms with Gasteiger partial charge in [-0.1, -0.05) is 48.5 Å². The summed E-state index contributed by atoms with van der Waals surface area (Å²) in [5, 5.41) is 13.6. The molecule has 0 aliphatic rings. The monoisotopic (exact) mass is 292 g/mol. The fourth-order valence-electron chi connectivity index (χ4n) is 2.70. The highest BCUT2D eigenvalue weighted by Crippen LogP contribution is 2.30. The number of aliphatic carboxylic acids is 1. The van der Waals surface area contributed by atoms with E-state index in [1.54, 1.807) is 6.08 Å². The van der Waals surface area contributed by atoms with Gasteiger partial charge in [0.05, 0.1) is 12.2 Å². The fourth-order valence-corrected chi connectivity index (χ4v) is 2.70. The van der Waals surface area contributed by atoms with E-state index in [-0.39, 0.29) is 12.2 Å². The summed E-state index contributed by atoms with van der Waals surface area (Å²) in [5.41, 5.74) is 1.16. The van der Waals surface area contributed by atoms with E-state index in [0.29, 0.717) is 0 Å². The Hall–Kier alpha value is -2.65. The van der Waals surface area contributed by atoms with Gasteiger partial charge in [0.1, 0.15) is 0 Å². The summed E-state index contributed by atoms with van der Waals surface area (Å²) >= 11 is 0. The molecular weight excluding hydrogens is 276 g/mol. The molecule has 0 aromatic heterocycles. The Morgan fingerprint density at radius 1 is 1.05 bits per heavy atom. The van der Waals surface area contributed by atoms with Crippen molar-refractivity contribution >= 4 is 33.6 Å². The van der Waals surface area contributed by atoms with Crippen molar-refractivity contribution in [3.8, 4) is 0 Å². The van der Waals surface area contributed by atoms with Crippen molar-refractivity contribution in [3.05, 3.63) is 65.7 Å². The molecule has 0 fully saturated rings. The van der Waals surface area contributed by atoms with Crippen LogP contribution in [0.3, 0.4) is 0 Å². The van der Waals surface area contributed by atoms with Crippen LogP contribution in [0.1, 0.15) is 5.56 Å². The Bertz CT molecular complexity index is 824. The number of hydrogen-bond acceptors (Lipinski definition) is 2. The van der Waals surface area contributed by atoms with Gasteiger partial charge in [0.2, 0.25) is 0 Å². The molecule has 0 saturated carbocycles. The first kappa shape index (κ1) is 14.3. The van der Waals surface area contributed by atoms with Crippen molar-refractivity contribution in [2.24, 2.45) is 0 Å². The van der Waals surface area contributed by atoms with Crippen LogP contribution in [-0.2, 0) is 9.53 Å². The molecule has 22 heavy (non-hydrogen) atoms. The molecule has 3 rings (SSSR count). The highest BCUT2D eigenvalue weighted by molar-refractivity contribution is 6.08. The molecule has 0 aliphatic carbocycles. The second-order valence-corrected chi connectivity index (χ2v) is 5.14. The van der Waals surface area contributed by atoms with Crippen molar-refractivity contribution in [2.45, 2.75) is 0 Å². The second-order valence-electron chi connectivity index (χ2n) is 5.14. The molecule has 3 nitrogen and oxygen atoms in total. The average molecular weight is 292 g/mol. The van der Waals surface area contributed by atoms with E-state index in [1.807, 2.05) is 48.5 Å². The van der Waals surface area contributed by atoms with Crippen LogP contribution >= 0.6 is 0 Å². The molecule has 0 radical (unpaired) electrons. The largest absolute Gasteiger partial charge is 0.478 e. The number of hydrogen-bond donors (Lipinski definition) is 1. The predicted molar refractivity (Wildman–Crippen MR) is 88.9 cm³/mol. The van der Waals surface area contributed by atoms with Crippen molar-refractivity contribution in [2.75, 3.05) is 13.7 Å². The number of ether oxygens (including phenoxy) is 1. The Morgan fingerprint density at radius 3 is 2.09 bits per heavy atom. The van der Waals surface area contributed by atoms with Gasteiger partial charge < -0.3 is 9.84 Å². The van der Waals surface area contributed by atoms with Crippen LogP contribution in [0.15, 0.2) is 60.2 Å². The van der Waals surface area contributed by atoms with E-state index < -0.39 is 5.97 Å². The number of methoxy groups -OCH3 is 1. The lowest BCUT2D eigenvalue weighted by Crippen LogP contribution is -2.06. The van der Waals surface area contributed by atoms with Gasteiger partial charge in [0.15, 0.2) is 0 Å². The predicted octanol–water partition coefficient (Wildman–Crippen LogP) is 4.11. The van der Waals surface area contributed by atoms with Gasteiger partial charge in [-0.25, -0.2) is 4.79 Å². The van der Waals surface area contributed by atoms with E-state index in [0.717, 1.165) is 27.1 Å². The third kappa shape index (κ3) is 2.59. The molecule has 0 unspecified atom stereocenters. The van der Waals surface area contributed by atoms with Gasteiger partial charge in [0.25, 0.3) is 0 Å². The highest BCUT2D eigenvalue weighted by Gasteiger charge is 2.11. The summed E-state index contributed by atoms with van der Waals surface area (Å²) in [6.07, 6.45) is 1.72. The molecule has 110 valence electrons. The summed E-state index contributed by atoms with van der Waals surface area (Å²) in [5.74, 6) is -0.959. The Labute approximate surface area is 128 Å². The van der Waals surface area contributed by atoms with E-state index in [9.17, 15) is 9.90 Å². The second kappa shape index (κ2) is 6.00. The number of rotatable bonds is 4. The molecular formula is C19H16O3. The van der Waals surface area contributed by atoms with Gasteiger partial charge in [-0.05, 0) is 39.3 Å². The minimum atomic E-state index is -0.959. The molecule has 3 aromatic rings. The van der Waals surface area contributed by atoms with Gasteiger partial charge in [-0.15, -0.1) is 0 Å². The van der Waals surface area contributed by atoms with E-state index in [1.165, 1.54) is 7.11 Å². The zero-order valence-electron chi connectivity index (χ0n) is 12.2. The smallest absolute Gasteiger partial charge is 0.333 e. The number of carbonyl (C=O) groups is 1. The third-order valence-corrected chi connectivity index (χ3v) is 3.71. The lowest BCUT2D eigenvalue weighted by atomic mass is 9.95. The molecule has 3 heteroatoms. The summed E-state index contributed by atoms with van der Waals surface area (Å²) < 4.78 is 5.01. The normalized spacial score (nSPS) is 12.0. The molecule has 1 N–H and O–H groups in total. The first-order valence-corrected chi connectivity index (χ1v) is 7.04. The zero-order chi connectivity index (χ0) is 15.5. The van der Waals surface area contributed by atoms with Crippen LogP contribution in [0, 0.1) is 0 Å². The summed E-state index contributed by atoms with van der Waals surface area (Å²) in [7, 11) is 1.50. The van der Waals surface area contributed by atoms with Crippen molar-refractivity contribution in [1.29, 1.82) is 0 Å². The fraction of sp³-hybridized carbons (Fsp3) is 0.105. The molecule has 0 atom stereocenters. The molecule has 0 heterocycles. The molecule has 0 saturated heterocycles. The van der Waals surface area contributed by atoms with E-state index in [4.69, 9.17) is 4.74 Å². The molecule has 0 aliphatic heterocycles. The van der Waals surface area contributed by atoms with Crippen molar-refractivity contribution in [3.63, 3.8) is 0 Å². The first-order chi connectivity index (χ1) is 10.7. The maximum Gasteiger partial charge on any atom is 0.333 e. The molecule has 0 amide bonds. The van der Waals surface area contributed by atoms with Crippen LogP contribution in [0.25, 0.3) is 27.6 Å². The minimum Gasteiger partial charge on any atom is -0.478 e. The quantitative estimate of drug-likeness (QED) is 0.581. The first-order valence-electron chi connectivity index (χ1n) is 7.04. The highest BCUT2D eigenvalue weighted by atomic mass is 16.5. The lowest BCUT2D eigenvalue weighted by Gasteiger charge is -2.10. The number of carboxylic acids is 1. The van der Waals surface area contributed by atoms with Gasteiger partial charge in [-0.2, -0.15) is 0 Å². The maximum atomic E-state index is 11.4. The van der Waals surface area contributed by atoms with Gasteiger partial charge in [0, 0.05) is 7.11 Å². The standard InChI is InChI=1S/C19H16O3/c1-22-12-15(19(20)21)11-18-16-8-4-2-6-13(16)10-14-7-3-5-9-17(14)18/h2-11H,12H2,1H3,(H,20,21)/b15-11+. The zero-order valence-corrected chi connectivity index (χ0v) is 12.2. The average Bonchev–Trinajstić information content (AvgIpc) is 2.53. The Balaban J connectivity index is 2.37. The summed E-state index contributed by atoms with van der Waals surface area (Å²) in [4.78, 5) is 11.4.